The van der Waals surface area contributed by atoms with Crippen LogP contribution < -0.4 is 0 Å². The van der Waals surface area contributed by atoms with Crippen molar-refractivity contribution in [1.82, 2.24) is 0 Å². The zero-order valence-electron chi connectivity index (χ0n) is 11.8. The van der Waals surface area contributed by atoms with E-state index in [2.05, 4.69) is 40.7 Å². The normalized spacial score (nSPS) is 34.8. The maximum absolute atomic E-state index is 10.4. The summed E-state index contributed by atoms with van der Waals surface area (Å²) in [5, 5.41) is 10.4. The van der Waals surface area contributed by atoms with E-state index in [1.54, 1.807) is 0 Å². The second-order valence-electron chi connectivity index (χ2n) is 6.64. The fourth-order valence-electron chi connectivity index (χ4n) is 3.10. The van der Waals surface area contributed by atoms with Crippen molar-refractivity contribution in [1.29, 1.82) is 0 Å². The van der Waals surface area contributed by atoms with Crippen LogP contribution in [-0.4, -0.2) is 10.7 Å². The van der Waals surface area contributed by atoms with Crippen molar-refractivity contribution < 1.29 is 5.11 Å². The third-order valence-corrected chi connectivity index (χ3v) is 4.84. The Labute approximate surface area is 101 Å². The maximum atomic E-state index is 10.4. The van der Waals surface area contributed by atoms with Gasteiger partial charge in [-0.2, -0.15) is 0 Å². The van der Waals surface area contributed by atoms with Gasteiger partial charge in [-0.3, -0.25) is 0 Å². The van der Waals surface area contributed by atoms with E-state index < -0.39 is 5.60 Å². The summed E-state index contributed by atoms with van der Waals surface area (Å²) in [7, 11) is 0. The molecule has 0 amide bonds. The first-order valence-electron chi connectivity index (χ1n) is 6.54. The van der Waals surface area contributed by atoms with E-state index in [0.717, 1.165) is 19.3 Å². The first kappa shape index (κ1) is 13.8. The molecule has 0 heterocycles. The monoisotopic (exact) mass is 224 g/mol. The van der Waals surface area contributed by atoms with Crippen LogP contribution >= 0.6 is 0 Å². The van der Waals surface area contributed by atoms with Gasteiger partial charge in [-0.05, 0) is 57.3 Å². The lowest BCUT2D eigenvalue weighted by Crippen LogP contribution is -2.41. The van der Waals surface area contributed by atoms with Crippen molar-refractivity contribution in [3.8, 4) is 0 Å². The Morgan fingerprint density at radius 1 is 1.38 bits per heavy atom. The molecule has 1 N–H and O–H groups in total. The van der Waals surface area contributed by atoms with Crippen molar-refractivity contribution in [3.05, 3.63) is 11.6 Å². The zero-order chi connectivity index (χ0) is 12.6. The topological polar surface area (TPSA) is 20.2 Å². The highest BCUT2D eigenvalue weighted by atomic mass is 16.3. The minimum atomic E-state index is -0.489. The van der Waals surface area contributed by atoms with Crippen LogP contribution in [0.25, 0.3) is 0 Å². The van der Waals surface area contributed by atoms with Gasteiger partial charge in [-0.25, -0.2) is 0 Å². The van der Waals surface area contributed by atoms with Gasteiger partial charge in [0.2, 0.25) is 0 Å². The second-order valence-corrected chi connectivity index (χ2v) is 6.64. The van der Waals surface area contributed by atoms with Crippen LogP contribution in [0.5, 0.6) is 0 Å². The molecule has 1 nitrogen and oxygen atoms in total. The molecule has 1 aliphatic carbocycles. The van der Waals surface area contributed by atoms with Gasteiger partial charge >= 0.3 is 0 Å². The summed E-state index contributed by atoms with van der Waals surface area (Å²) >= 11 is 0. The molecular weight excluding hydrogens is 196 g/mol. The third-order valence-electron chi connectivity index (χ3n) is 4.84. The molecule has 0 aliphatic heterocycles. The van der Waals surface area contributed by atoms with Gasteiger partial charge in [0, 0.05) is 0 Å². The molecule has 1 fully saturated rings. The predicted molar refractivity (Wildman–Crippen MR) is 70.3 cm³/mol. The molecule has 0 aromatic heterocycles. The molecular formula is C15H28O. The number of hydrogen-bond acceptors (Lipinski definition) is 1. The predicted octanol–water partition coefficient (Wildman–Crippen LogP) is 4.17. The summed E-state index contributed by atoms with van der Waals surface area (Å²) in [5.74, 6) is 1.30. The van der Waals surface area contributed by atoms with Gasteiger partial charge in [0.15, 0.2) is 0 Å². The molecule has 1 saturated carbocycles. The molecule has 0 aromatic rings. The van der Waals surface area contributed by atoms with E-state index in [0.29, 0.717) is 11.8 Å². The first-order chi connectivity index (χ1) is 7.18. The Morgan fingerprint density at radius 3 is 2.31 bits per heavy atom. The fraction of sp³-hybridized carbons (Fsp3) is 0.867. The molecule has 94 valence electrons. The van der Waals surface area contributed by atoms with E-state index >= 15 is 0 Å². The van der Waals surface area contributed by atoms with Crippen molar-refractivity contribution in [2.75, 3.05) is 0 Å². The van der Waals surface area contributed by atoms with Crippen molar-refractivity contribution in [2.24, 2.45) is 17.3 Å². The molecule has 0 spiro atoms. The minimum absolute atomic E-state index is 0.0436. The van der Waals surface area contributed by atoms with Crippen LogP contribution in [0.4, 0.5) is 0 Å². The molecule has 0 radical (unpaired) electrons. The van der Waals surface area contributed by atoms with Crippen LogP contribution in [0.1, 0.15) is 60.8 Å². The van der Waals surface area contributed by atoms with Crippen LogP contribution in [0, 0.1) is 17.3 Å². The maximum Gasteiger partial charge on any atom is 0.0673 e. The van der Waals surface area contributed by atoms with Crippen LogP contribution in [0.2, 0.25) is 0 Å². The highest BCUT2D eigenvalue weighted by Gasteiger charge is 2.51. The van der Waals surface area contributed by atoms with Crippen LogP contribution in [-0.2, 0) is 0 Å². The molecule has 0 bridgehead atoms. The van der Waals surface area contributed by atoms with E-state index in [-0.39, 0.29) is 5.41 Å². The summed E-state index contributed by atoms with van der Waals surface area (Å²) in [6, 6.07) is 0. The van der Waals surface area contributed by atoms with Gasteiger partial charge in [0.05, 0.1) is 5.60 Å². The second kappa shape index (κ2) is 4.52. The van der Waals surface area contributed by atoms with Gasteiger partial charge in [-0.15, -0.1) is 0 Å². The Bertz CT molecular complexity index is 269. The van der Waals surface area contributed by atoms with E-state index in [1.165, 1.54) is 5.57 Å². The van der Waals surface area contributed by atoms with Crippen LogP contribution in [0.3, 0.4) is 0 Å². The largest absolute Gasteiger partial charge is 0.390 e. The number of rotatable bonds is 3. The Balaban J connectivity index is 2.72. The van der Waals surface area contributed by atoms with E-state index in [9.17, 15) is 5.11 Å². The van der Waals surface area contributed by atoms with E-state index in [1.807, 2.05) is 6.92 Å². The van der Waals surface area contributed by atoms with E-state index in [4.69, 9.17) is 0 Å². The van der Waals surface area contributed by atoms with Gasteiger partial charge in [0.25, 0.3) is 0 Å². The SMILES string of the molecule is CC(C)=CCC(C)C1CCC(C)(O)C1(C)C. The van der Waals surface area contributed by atoms with Gasteiger partial charge in [-0.1, -0.05) is 32.4 Å². The quantitative estimate of drug-likeness (QED) is 0.713. The summed E-state index contributed by atoms with van der Waals surface area (Å²) < 4.78 is 0. The average Bonchev–Trinajstić information content (AvgIpc) is 2.33. The Kier molecular flexibility index (Phi) is 3.89. The molecule has 1 heteroatoms. The molecule has 1 aliphatic rings. The number of aliphatic hydroxyl groups is 1. The lowest BCUT2D eigenvalue weighted by Gasteiger charge is -2.40. The summed E-state index contributed by atoms with van der Waals surface area (Å²) in [6.07, 6.45) is 5.59. The van der Waals surface area contributed by atoms with Crippen LogP contribution in [0.15, 0.2) is 11.6 Å². The molecule has 1 rings (SSSR count). The Morgan fingerprint density at radius 2 is 1.94 bits per heavy atom. The minimum Gasteiger partial charge on any atom is -0.390 e. The first-order valence-corrected chi connectivity index (χ1v) is 6.54. The highest BCUT2D eigenvalue weighted by Crippen LogP contribution is 2.53. The lowest BCUT2D eigenvalue weighted by atomic mass is 9.68. The lowest BCUT2D eigenvalue weighted by molar-refractivity contribution is -0.0506. The molecule has 0 aromatic carbocycles. The van der Waals surface area contributed by atoms with Crippen molar-refractivity contribution >= 4 is 0 Å². The molecule has 0 saturated heterocycles. The zero-order valence-corrected chi connectivity index (χ0v) is 11.8. The Hall–Kier alpha value is -0.300. The van der Waals surface area contributed by atoms with Crippen molar-refractivity contribution in [3.63, 3.8) is 0 Å². The highest BCUT2D eigenvalue weighted by molar-refractivity contribution is 5.04. The summed E-state index contributed by atoms with van der Waals surface area (Å²) in [6.45, 7) is 13.1. The van der Waals surface area contributed by atoms with Gasteiger partial charge < -0.3 is 5.11 Å². The third kappa shape index (κ3) is 2.51. The molecule has 16 heavy (non-hydrogen) atoms. The fourth-order valence-corrected chi connectivity index (χ4v) is 3.10. The van der Waals surface area contributed by atoms with Gasteiger partial charge in [0.1, 0.15) is 0 Å². The summed E-state index contributed by atoms with van der Waals surface area (Å²) in [4.78, 5) is 0. The number of hydrogen-bond donors (Lipinski definition) is 1. The smallest absolute Gasteiger partial charge is 0.0673 e. The summed E-state index contributed by atoms with van der Waals surface area (Å²) in [5.41, 5.74) is 0.952. The average molecular weight is 224 g/mol. The molecule has 3 unspecified atom stereocenters. The number of allylic oxidation sites excluding steroid dienone is 2. The van der Waals surface area contributed by atoms with Crippen molar-refractivity contribution in [2.45, 2.75) is 66.4 Å². The standard InChI is InChI=1S/C15H28O/c1-11(2)7-8-12(3)13-9-10-15(6,16)14(13,4)5/h7,12-13,16H,8-10H2,1-6H3. The molecule has 3 atom stereocenters.